The van der Waals surface area contributed by atoms with E-state index in [2.05, 4.69) is 20.6 Å². The number of anilines is 2. The zero-order valence-corrected chi connectivity index (χ0v) is 13.5. The number of halogens is 1. The second-order valence-corrected chi connectivity index (χ2v) is 5.54. The van der Waals surface area contributed by atoms with Crippen molar-refractivity contribution in [1.82, 2.24) is 9.97 Å². The fraction of sp³-hybridized carbons (Fsp3) is 0.176. The molecular weight excluding hydrogens is 312 g/mol. The van der Waals surface area contributed by atoms with Crippen molar-refractivity contribution in [3.05, 3.63) is 70.9 Å². The van der Waals surface area contributed by atoms with Gasteiger partial charge in [0.05, 0.1) is 12.8 Å². The topological polar surface area (TPSA) is 63.0 Å². The molecule has 0 saturated heterocycles. The first kappa shape index (κ1) is 15.4. The number of rotatable bonds is 6. The van der Waals surface area contributed by atoms with Crippen LogP contribution in [0.15, 0.2) is 53.1 Å². The fourth-order valence-electron chi connectivity index (χ4n) is 2.13. The van der Waals surface area contributed by atoms with Gasteiger partial charge in [0, 0.05) is 17.6 Å². The van der Waals surface area contributed by atoms with E-state index < -0.39 is 0 Å². The van der Waals surface area contributed by atoms with Crippen molar-refractivity contribution in [3.63, 3.8) is 0 Å². The number of benzene rings is 1. The molecule has 0 fully saturated rings. The lowest BCUT2D eigenvalue weighted by atomic mass is 10.2. The zero-order valence-electron chi connectivity index (χ0n) is 12.7. The Morgan fingerprint density at radius 1 is 1.00 bits per heavy atom. The second-order valence-electron chi connectivity index (χ2n) is 5.10. The molecule has 3 rings (SSSR count). The van der Waals surface area contributed by atoms with E-state index >= 15 is 0 Å². The summed E-state index contributed by atoms with van der Waals surface area (Å²) in [6.45, 7) is 3.12. The average Bonchev–Trinajstić information content (AvgIpc) is 3.05. The van der Waals surface area contributed by atoms with Crippen LogP contribution in [-0.4, -0.2) is 9.97 Å². The van der Waals surface area contributed by atoms with Crippen molar-refractivity contribution in [3.8, 4) is 0 Å². The van der Waals surface area contributed by atoms with Crippen LogP contribution >= 0.6 is 11.6 Å². The maximum atomic E-state index is 5.89. The molecular formula is C17H17ClN4O. The van der Waals surface area contributed by atoms with Crippen LogP contribution in [0.3, 0.4) is 0 Å². The van der Waals surface area contributed by atoms with Gasteiger partial charge in [0.15, 0.2) is 0 Å². The summed E-state index contributed by atoms with van der Waals surface area (Å²) in [5.41, 5.74) is 1.13. The van der Waals surface area contributed by atoms with Gasteiger partial charge in [-0.05, 0) is 36.8 Å². The highest BCUT2D eigenvalue weighted by molar-refractivity contribution is 6.30. The molecule has 118 valence electrons. The molecule has 0 amide bonds. The van der Waals surface area contributed by atoms with E-state index in [0.29, 0.717) is 18.9 Å². The normalized spacial score (nSPS) is 10.5. The van der Waals surface area contributed by atoms with E-state index in [1.165, 1.54) is 0 Å². The summed E-state index contributed by atoms with van der Waals surface area (Å²) in [5, 5.41) is 7.26. The molecule has 5 nitrogen and oxygen atoms in total. The van der Waals surface area contributed by atoms with Crippen molar-refractivity contribution in [2.24, 2.45) is 0 Å². The molecule has 0 spiro atoms. The van der Waals surface area contributed by atoms with Crippen molar-refractivity contribution in [2.75, 3.05) is 10.6 Å². The van der Waals surface area contributed by atoms with Crippen molar-refractivity contribution >= 4 is 23.2 Å². The fourth-order valence-corrected chi connectivity index (χ4v) is 2.26. The van der Waals surface area contributed by atoms with Gasteiger partial charge in [-0.1, -0.05) is 23.7 Å². The highest BCUT2D eigenvalue weighted by Gasteiger charge is 2.03. The Hall–Kier alpha value is -2.53. The van der Waals surface area contributed by atoms with Crippen LogP contribution in [0.5, 0.6) is 0 Å². The predicted octanol–water partition coefficient (Wildman–Crippen LogP) is 4.26. The molecule has 2 aromatic heterocycles. The lowest BCUT2D eigenvalue weighted by Crippen LogP contribution is -2.06. The maximum absolute atomic E-state index is 5.89. The molecule has 0 atom stereocenters. The minimum Gasteiger partial charge on any atom is -0.467 e. The molecule has 0 aliphatic heterocycles. The first-order valence-electron chi connectivity index (χ1n) is 7.29. The number of aromatic nitrogens is 2. The largest absolute Gasteiger partial charge is 0.467 e. The molecule has 0 aliphatic rings. The Morgan fingerprint density at radius 2 is 1.70 bits per heavy atom. The Labute approximate surface area is 139 Å². The van der Waals surface area contributed by atoms with E-state index in [-0.39, 0.29) is 0 Å². The number of nitrogens with zero attached hydrogens (tertiary/aromatic N) is 2. The van der Waals surface area contributed by atoms with E-state index in [1.807, 2.05) is 49.4 Å². The summed E-state index contributed by atoms with van der Waals surface area (Å²) in [7, 11) is 0. The zero-order chi connectivity index (χ0) is 16.1. The highest BCUT2D eigenvalue weighted by atomic mass is 35.5. The standard InChI is InChI=1S/C17H17ClN4O/c1-12-21-16(19-10-13-4-6-14(18)7-5-13)9-17(22-12)20-11-15-3-2-8-23-15/h2-9H,10-11H2,1H3,(H2,19,20,21,22). The minimum absolute atomic E-state index is 0.583. The number of nitrogens with one attached hydrogen (secondary N) is 2. The van der Waals surface area contributed by atoms with E-state index in [9.17, 15) is 0 Å². The highest BCUT2D eigenvalue weighted by Crippen LogP contribution is 2.15. The van der Waals surface area contributed by atoms with E-state index in [1.54, 1.807) is 6.26 Å². The van der Waals surface area contributed by atoms with E-state index in [4.69, 9.17) is 16.0 Å². The first-order chi connectivity index (χ1) is 11.2. The van der Waals surface area contributed by atoms with Crippen LogP contribution < -0.4 is 10.6 Å². The second kappa shape index (κ2) is 7.15. The molecule has 0 unspecified atom stereocenters. The van der Waals surface area contributed by atoms with Gasteiger partial charge in [-0.3, -0.25) is 0 Å². The van der Waals surface area contributed by atoms with Crippen molar-refractivity contribution < 1.29 is 4.42 Å². The molecule has 23 heavy (non-hydrogen) atoms. The Morgan fingerprint density at radius 3 is 2.35 bits per heavy atom. The molecule has 3 aromatic rings. The summed E-state index contributed by atoms with van der Waals surface area (Å²) < 4.78 is 5.30. The van der Waals surface area contributed by atoms with Gasteiger partial charge >= 0.3 is 0 Å². The van der Waals surface area contributed by atoms with Crippen molar-refractivity contribution in [2.45, 2.75) is 20.0 Å². The molecule has 0 bridgehead atoms. The molecule has 0 aliphatic carbocycles. The third-order valence-electron chi connectivity index (χ3n) is 3.25. The van der Waals surface area contributed by atoms with Gasteiger partial charge in [0.2, 0.25) is 0 Å². The average molecular weight is 329 g/mol. The molecule has 0 saturated carbocycles. The van der Waals surface area contributed by atoms with Gasteiger partial charge in [0.1, 0.15) is 23.2 Å². The van der Waals surface area contributed by atoms with Gasteiger partial charge < -0.3 is 15.1 Å². The summed E-state index contributed by atoms with van der Waals surface area (Å²) in [6.07, 6.45) is 1.65. The smallest absolute Gasteiger partial charge is 0.132 e. The molecule has 0 radical (unpaired) electrons. The Kier molecular flexibility index (Phi) is 4.78. The number of aryl methyl sites for hydroxylation is 1. The molecule has 6 heteroatoms. The van der Waals surface area contributed by atoms with Gasteiger partial charge in [-0.15, -0.1) is 0 Å². The number of hydrogen-bond acceptors (Lipinski definition) is 5. The third-order valence-corrected chi connectivity index (χ3v) is 3.50. The SMILES string of the molecule is Cc1nc(NCc2ccc(Cl)cc2)cc(NCc2ccco2)n1. The number of hydrogen-bond donors (Lipinski definition) is 2. The van der Waals surface area contributed by atoms with Crippen LogP contribution in [-0.2, 0) is 13.1 Å². The lowest BCUT2D eigenvalue weighted by molar-refractivity contribution is 0.518. The minimum atomic E-state index is 0.583. The summed E-state index contributed by atoms with van der Waals surface area (Å²) in [6, 6.07) is 13.4. The van der Waals surface area contributed by atoms with Crippen LogP contribution in [0.2, 0.25) is 5.02 Å². The summed E-state index contributed by atoms with van der Waals surface area (Å²) in [4.78, 5) is 8.78. The number of furan rings is 1. The summed E-state index contributed by atoms with van der Waals surface area (Å²) >= 11 is 5.89. The van der Waals surface area contributed by atoms with Crippen molar-refractivity contribution in [1.29, 1.82) is 0 Å². The van der Waals surface area contributed by atoms with Crippen LogP contribution in [0.25, 0.3) is 0 Å². The molecule has 2 heterocycles. The van der Waals surface area contributed by atoms with Gasteiger partial charge in [-0.2, -0.15) is 0 Å². The molecule has 1 aromatic carbocycles. The van der Waals surface area contributed by atoms with E-state index in [0.717, 1.165) is 28.0 Å². The first-order valence-corrected chi connectivity index (χ1v) is 7.67. The van der Waals surface area contributed by atoms with Crippen LogP contribution in [0.1, 0.15) is 17.1 Å². The summed E-state index contributed by atoms with van der Waals surface area (Å²) in [5.74, 6) is 3.09. The maximum Gasteiger partial charge on any atom is 0.132 e. The monoisotopic (exact) mass is 328 g/mol. The Bertz CT molecular complexity index is 757. The molecule has 2 N–H and O–H groups in total. The Balaban J connectivity index is 1.63. The lowest BCUT2D eigenvalue weighted by Gasteiger charge is -2.10. The quantitative estimate of drug-likeness (QED) is 0.708. The predicted molar refractivity (Wildman–Crippen MR) is 91.6 cm³/mol. The van der Waals surface area contributed by atoms with Crippen LogP contribution in [0, 0.1) is 6.92 Å². The van der Waals surface area contributed by atoms with Crippen LogP contribution in [0.4, 0.5) is 11.6 Å². The third kappa shape index (κ3) is 4.47. The van der Waals surface area contributed by atoms with Gasteiger partial charge in [-0.25, -0.2) is 9.97 Å². The van der Waals surface area contributed by atoms with Gasteiger partial charge in [0.25, 0.3) is 0 Å².